The number of aliphatic hydroxyl groups excluding tert-OH is 1. The number of rotatable bonds is 5. The van der Waals surface area contributed by atoms with E-state index in [4.69, 9.17) is 4.74 Å². The van der Waals surface area contributed by atoms with Crippen molar-refractivity contribution >= 4 is 15.9 Å². The van der Waals surface area contributed by atoms with Crippen LogP contribution in [-0.4, -0.2) is 67.5 Å². The van der Waals surface area contributed by atoms with E-state index in [1.54, 1.807) is 30.0 Å². The molecular weight excluding hydrogens is 464 g/mol. The fourth-order valence-electron chi connectivity index (χ4n) is 4.96. The molecule has 0 bridgehead atoms. The van der Waals surface area contributed by atoms with E-state index in [0.29, 0.717) is 18.0 Å². The van der Waals surface area contributed by atoms with Gasteiger partial charge in [0, 0.05) is 43.0 Å². The van der Waals surface area contributed by atoms with Crippen LogP contribution in [0.5, 0.6) is 5.75 Å². The summed E-state index contributed by atoms with van der Waals surface area (Å²) >= 11 is 0. The topological polar surface area (TPSA) is 87.2 Å². The summed E-state index contributed by atoms with van der Waals surface area (Å²) in [6, 6.07) is 4.40. The Kier molecular flexibility index (Phi) is 8.09. The number of fused-ring (bicyclic) bond motifs is 1. The number of hydrogen-bond acceptors (Lipinski definition) is 5. The van der Waals surface area contributed by atoms with Gasteiger partial charge in [0.25, 0.3) is 0 Å². The zero-order chi connectivity index (χ0) is 25.2. The van der Waals surface area contributed by atoms with Crippen molar-refractivity contribution in [2.45, 2.75) is 75.8 Å². The van der Waals surface area contributed by atoms with Crippen molar-refractivity contribution < 1.29 is 23.1 Å². The van der Waals surface area contributed by atoms with Crippen molar-refractivity contribution in [3.63, 3.8) is 0 Å². The van der Waals surface area contributed by atoms with Crippen LogP contribution in [-0.2, 0) is 14.8 Å². The molecule has 2 fully saturated rings. The molecule has 1 aromatic carbocycles. The summed E-state index contributed by atoms with van der Waals surface area (Å²) in [7, 11) is -2.07. The number of ether oxygens (including phenoxy) is 1. The lowest BCUT2D eigenvalue weighted by Crippen LogP contribution is -2.50. The van der Waals surface area contributed by atoms with Gasteiger partial charge in [0.05, 0.1) is 13.2 Å². The fraction of sp³-hybridized carbons (Fsp3) is 0.667. The van der Waals surface area contributed by atoms with Gasteiger partial charge in [-0.1, -0.05) is 38.0 Å². The number of sulfonamides is 1. The average Bonchev–Trinajstić information content (AvgIpc) is 3.69. The zero-order valence-corrected chi connectivity index (χ0v) is 21.9. The minimum atomic E-state index is -3.89. The zero-order valence-electron chi connectivity index (χ0n) is 21.1. The summed E-state index contributed by atoms with van der Waals surface area (Å²) in [6.07, 6.45) is 7.03. The number of aliphatic hydroxyl groups is 1. The third-order valence-electron chi connectivity index (χ3n) is 7.45. The highest BCUT2D eigenvalue weighted by molar-refractivity contribution is 7.89. The Labute approximate surface area is 209 Å². The maximum Gasteiger partial charge on any atom is 0.247 e. The third kappa shape index (κ3) is 6.02. The molecule has 7 nitrogen and oxygen atoms in total. The Bertz CT molecular complexity index is 1080. The van der Waals surface area contributed by atoms with E-state index in [-0.39, 0.29) is 41.5 Å². The van der Waals surface area contributed by atoms with E-state index in [0.717, 1.165) is 38.5 Å². The molecule has 0 radical (unpaired) electrons. The molecule has 1 amide bonds. The monoisotopic (exact) mass is 502 g/mol. The number of carbonyl (C=O) groups excluding carboxylic acids is 1. The highest BCUT2D eigenvalue weighted by Gasteiger charge is 2.38. The second kappa shape index (κ2) is 10.9. The Hall–Kier alpha value is -2.08. The van der Waals surface area contributed by atoms with Gasteiger partial charge in [-0.3, -0.25) is 4.79 Å². The van der Waals surface area contributed by atoms with Gasteiger partial charge in [0.15, 0.2) is 0 Å². The van der Waals surface area contributed by atoms with Crippen molar-refractivity contribution in [1.82, 2.24) is 9.21 Å². The molecule has 1 aliphatic heterocycles. The van der Waals surface area contributed by atoms with Crippen LogP contribution >= 0.6 is 0 Å². The largest absolute Gasteiger partial charge is 0.487 e. The van der Waals surface area contributed by atoms with Crippen LogP contribution in [0.3, 0.4) is 0 Å². The van der Waals surface area contributed by atoms with Gasteiger partial charge in [0.2, 0.25) is 15.9 Å². The second-order valence-corrected chi connectivity index (χ2v) is 12.4. The number of likely N-dealkylation sites (N-methyl/N-ethyl adjacent to an activating group) is 1. The number of hydrogen-bond donors (Lipinski definition) is 1. The highest BCUT2D eigenvalue weighted by atomic mass is 32.2. The molecule has 0 saturated heterocycles. The molecule has 3 atom stereocenters. The molecule has 192 valence electrons. The molecule has 35 heavy (non-hydrogen) atoms. The quantitative estimate of drug-likeness (QED) is 0.625. The van der Waals surface area contributed by atoms with Crippen LogP contribution in [0.25, 0.3) is 0 Å². The predicted octanol–water partition coefficient (Wildman–Crippen LogP) is 3.26. The molecular formula is C27H38N2O5S. The Morgan fingerprint density at radius 3 is 2.60 bits per heavy atom. The van der Waals surface area contributed by atoms with Crippen LogP contribution in [0.4, 0.5) is 0 Å². The lowest BCUT2D eigenvalue weighted by molar-refractivity contribution is -0.136. The van der Waals surface area contributed by atoms with Crippen molar-refractivity contribution in [1.29, 1.82) is 0 Å². The minimum absolute atomic E-state index is 0.0560. The van der Waals surface area contributed by atoms with Crippen LogP contribution in [0.2, 0.25) is 0 Å². The number of carbonyl (C=O) groups is 1. The summed E-state index contributed by atoms with van der Waals surface area (Å²) in [5.74, 6) is 7.05. The Morgan fingerprint density at radius 1 is 1.23 bits per heavy atom. The number of amides is 1. The van der Waals surface area contributed by atoms with Gasteiger partial charge >= 0.3 is 0 Å². The van der Waals surface area contributed by atoms with Crippen LogP contribution < -0.4 is 4.74 Å². The summed E-state index contributed by atoms with van der Waals surface area (Å²) in [4.78, 5) is 15.0. The maximum atomic E-state index is 13.6. The molecule has 4 rings (SSSR count). The first-order chi connectivity index (χ1) is 16.7. The van der Waals surface area contributed by atoms with Gasteiger partial charge < -0.3 is 14.7 Å². The van der Waals surface area contributed by atoms with Crippen molar-refractivity contribution in [3.05, 3.63) is 23.8 Å². The predicted molar refractivity (Wildman–Crippen MR) is 134 cm³/mol. The van der Waals surface area contributed by atoms with E-state index in [1.165, 1.54) is 10.7 Å². The summed E-state index contributed by atoms with van der Waals surface area (Å²) in [5, 5.41) is 9.81. The number of nitrogens with zero attached hydrogens (tertiary/aromatic N) is 2. The van der Waals surface area contributed by atoms with Gasteiger partial charge in [-0.15, -0.1) is 0 Å². The lowest BCUT2D eigenvalue weighted by Gasteiger charge is -2.38. The molecule has 1 heterocycles. The van der Waals surface area contributed by atoms with E-state index in [2.05, 4.69) is 11.8 Å². The molecule has 3 aliphatic rings. The molecule has 2 aliphatic carbocycles. The first-order valence-corrected chi connectivity index (χ1v) is 14.3. The summed E-state index contributed by atoms with van der Waals surface area (Å²) in [5.41, 5.74) is 0.714. The average molecular weight is 503 g/mol. The normalized spacial score (nSPS) is 25.7. The minimum Gasteiger partial charge on any atom is -0.487 e. The van der Waals surface area contributed by atoms with Crippen molar-refractivity contribution in [2.75, 3.05) is 26.7 Å². The maximum absolute atomic E-state index is 13.6. The first kappa shape index (κ1) is 26.0. The van der Waals surface area contributed by atoms with E-state index < -0.39 is 22.2 Å². The summed E-state index contributed by atoms with van der Waals surface area (Å²) < 4.78 is 34.9. The molecule has 2 saturated carbocycles. The van der Waals surface area contributed by atoms with E-state index >= 15 is 0 Å². The molecule has 1 N–H and O–H groups in total. The SMILES string of the molecule is C[C@H]1CN([C@@H](C)CO)S(=O)(=O)c2ccc(C#CC3CC3)cc2O[C@H]1CN(C)C(=O)C1CCCCC1. The van der Waals surface area contributed by atoms with E-state index in [9.17, 15) is 18.3 Å². The van der Waals surface area contributed by atoms with Crippen molar-refractivity contribution in [2.24, 2.45) is 17.8 Å². The molecule has 0 unspecified atom stereocenters. The smallest absolute Gasteiger partial charge is 0.247 e. The van der Waals surface area contributed by atoms with Gasteiger partial charge in [-0.05, 0) is 50.8 Å². The van der Waals surface area contributed by atoms with Crippen LogP contribution in [0.15, 0.2) is 23.1 Å². The lowest BCUT2D eigenvalue weighted by atomic mass is 9.88. The van der Waals surface area contributed by atoms with Crippen LogP contribution in [0.1, 0.15) is 64.4 Å². The first-order valence-electron chi connectivity index (χ1n) is 12.9. The molecule has 1 aromatic rings. The third-order valence-corrected chi connectivity index (χ3v) is 9.47. The molecule has 0 aromatic heterocycles. The van der Waals surface area contributed by atoms with Gasteiger partial charge in [0.1, 0.15) is 16.7 Å². The second-order valence-electron chi connectivity index (χ2n) is 10.5. The highest BCUT2D eigenvalue weighted by Crippen LogP contribution is 2.35. The Balaban J connectivity index is 1.65. The fourth-order valence-corrected chi connectivity index (χ4v) is 6.78. The van der Waals surface area contributed by atoms with E-state index in [1.807, 2.05) is 14.0 Å². The van der Waals surface area contributed by atoms with Crippen LogP contribution in [0, 0.1) is 29.6 Å². The molecule has 0 spiro atoms. The molecule has 8 heteroatoms. The van der Waals surface area contributed by atoms with Gasteiger partial charge in [-0.2, -0.15) is 4.31 Å². The van der Waals surface area contributed by atoms with Gasteiger partial charge in [-0.25, -0.2) is 8.42 Å². The van der Waals surface area contributed by atoms with Crippen molar-refractivity contribution in [3.8, 4) is 17.6 Å². The standard InChI is InChI=1S/C27H38N2O5S/c1-19-16-29(20(2)18-30)35(32,33)26-14-13-22(12-11-21-9-10-21)15-24(26)34-25(19)17-28(3)27(31)23-7-5-4-6-8-23/h13-15,19-21,23,25,30H,4-10,16-18H2,1-3H3/t19-,20-,25-/m0/s1. The number of benzene rings is 1. The summed E-state index contributed by atoms with van der Waals surface area (Å²) in [6.45, 7) is 3.93. The Morgan fingerprint density at radius 2 is 1.94 bits per heavy atom.